The van der Waals surface area contributed by atoms with Gasteiger partial charge in [0.1, 0.15) is 12.4 Å². The number of ether oxygens (including phenoxy) is 1. The van der Waals surface area contributed by atoms with E-state index in [-0.39, 0.29) is 12.3 Å². The maximum atomic E-state index is 12.8. The zero-order valence-electron chi connectivity index (χ0n) is 15.0. The van der Waals surface area contributed by atoms with Crippen LogP contribution in [0.4, 0.5) is 5.69 Å². The number of hydrogen-bond donors (Lipinski definition) is 1. The van der Waals surface area contributed by atoms with Crippen LogP contribution in [0.25, 0.3) is 0 Å². The number of hydrazone groups is 1. The van der Waals surface area contributed by atoms with Gasteiger partial charge in [0.15, 0.2) is 0 Å². The van der Waals surface area contributed by atoms with Gasteiger partial charge in [0.25, 0.3) is 5.69 Å². The van der Waals surface area contributed by atoms with Crippen LogP contribution in [0, 0.1) is 10.1 Å². The second-order valence-electron chi connectivity index (χ2n) is 6.05. The molecule has 0 saturated heterocycles. The summed E-state index contributed by atoms with van der Waals surface area (Å²) in [6.45, 7) is 3.64. The standard InChI is InChI=1S/C19H19N3O5/c1-3-16-18(13-6-4-7-14(10-13)22(24)25)17(12(2)20-21-16)19(23)27-11-15-8-5-9-26-15/h4-10,18,20H,3,11H2,1-2H3. The zero-order valence-corrected chi connectivity index (χ0v) is 15.0. The highest BCUT2D eigenvalue weighted by molar-refractivity contribution is 6.04. The third-order valence-corrected chi connectivity index (χ3v) is 4.32. The van der Waals surface area contributed by atoms with E-state index in [1.54, 1.807) is 31.2 Å². The summed E-state index contributed by atoms with van der Waals surface area (Å²) in [5.41, 5.74) is 5.07. The molecule has 0 radical (unpaired) electrons. The number of nitro groups is 1. The van der Waals surface area contributed by atoms with E-state index in [9.17, 15) is 14.9 Å². The highest BCUT2D eigenvalue weighted by Gasteiger charge is 2.33. The summed E-state index contributed by atoms with van der Waals surface area (Å²) in [5, 5.41) is 15.5. The van der Waals surface area contributed by atoms with Crippen LogP contribution in [-0.4, -0.2) is 16.6 Å². The van der Waals surface area contributed by atoms with Crippen molar-refractivity contribution in [2.24, 2.45) is 5.10 Å². The van der Waals surface area contributed by atoms with Crippen molar-refractivity contribution in [3.05, 3.63) is 75.4 Å². The van der Waals surface area contributed by atoms with Crippen LogP contribution < -0.4 is 5.43 Å². The molecular formula is C19H19N3O5. The lowest BCUT2D eigenvalue weighted by Crippen LogP contribution is -2.30. The van der Waals surface area contributed by atoms with E-state index < -0.39 is 16.8 Å². The Balaban J connectivity index is 1.94. The SMILES string of the molecule is CCC1=NNC(C)=C(C(=O)OCc2ccco2)C1c1cccc([N+](=O)[O-])c1. The summed E-state index contributed by atoms with van der Waals surface area (Å²) < 4.78 is 10.6. The summed E-state index contributed by atoms with van der Waals surface area (Å²) in [7, 11) is 0. The molecule has 3 rings (SSSR count). The van der Waals surface area contributed by atoms with Gasteiger partial charge in [-0.1, -0.05) is 19.1 Å². The first kappa shape index (κ1) is 18.4. The maximum absolute atomic E-state index is 12.8. The Morgan fingerprint density at radius 1 is 1.37 bits per heavy atom. The fourth-order valence-electron chi connectivity index (χ4n) is 3.00. The molecular weight excluding hydrogens is 350 g/mol. The second-order valence-corrected chi connectivity index (χ2v) is 6.05. The van der Waals surface area contributed by atoms with E-state index in [2.05, 4.69) is 10.5 Å². The molecule has 2 heterocycles. The summed E-state index contributed by atoms with van der Waals surface area (Å²) >= 11 is 0. The van der Waals surface area contributed by atoms with Gasteiger partial charge in [-0.15, -0.1) is 0 Å². The number of carbonyl (C=O) groups is 1. The molecule has 1 aliphatic rings. The van der Waals surface area contributed by atoms with Gasteiger partial charge in [0, 0.05) is 17.8 Å². The second kappa shape index (κ2) is 7.86. The van der Waals surface area contributed by atoms with E-state index in [1.165, 1.54) is 18.4 Å². The number of non-ortho nitro benzene ring substituents is 1. The predicted molar refractivity (Wildman–Crippen MR) is 97.9 cm³/mol. The highest BCUT2D eigenvalue weighted by atomic mass is 16.6. The van der Waals surface area contributed by atoms with E-state index in [1.807, 2.05) is 6.92 Å². The number of nitro benzene ring substituents is 1. The smallest absolute Gasteiger partial charge is 0.337 e. The van der Waals surface area contributed by atoms with E-state index in [4.69, 9.17) is 9.15 Å². The van der Waals surface area contributed by atoms with Gasteiger partial charge in [-0.3, -0.25) is 15.5 Å². The molecule has 1 aromatic heterocycles. The topological polar surface area (TPSA) is 107 Å². The number of furan rings is 1. The molecule has 2 aromatic rings. The number of carbonyl (C=O) groups excluding carboxylic acids is 1. The Morgan fingerprint density at radius 2 is 2.19 bits per heavy atom. The molecule has 140 valence electrons. The summed E-state index contributed by atoms with van der Waals surface area (Å²) in [4.78, 5) is 23.5. The molecule has 0 amide bonds. The average molecular weight is 369 g/mol. The van der Waals surface area contributed by atoms with Gasteiger partial charge < -0.3 is 9.15 Å². The Morgan fingerprint density at radius 3 is 2.85 bits per heavy atom. The number of benzene rings is 1. The molecule has 0 bridgehead atoms. The van der Waals surface area contributed by atoms with Crippen molar-refractivity contribution < 1.29 is 18.9 Å². The zero-order chi connectivity index (χ0) is 19.4. The van der Waals surface area contributed by atoms with E-state index >= 15 is 0 Å². The lowest BCUT2D eigenvalue weighted by Gasteiger charge is -2.27. The number of hydrogen-bond acceptors (Lipinski definition) is 7. The Labute approximate surface area is 155 Å². The number of rotatable bonds is 6. The molecule has 1 aromatic carbocycles. The van der Waals surface area contributed by atoms with Crippen LogP contribution >= 0.6 is 0 Å². The maximum Gasteiger partial charge on any atom is 0.337 e. The van der Waals surface area contributed by atoms with Gasteiger partial charge in [0.2, 0.25) is 0 Å². The van der Waals surface area contributed by atoms with Crippen LogP contribution in [0.5, 0.6) is 0 Å². The number of nitrogens with one attached hydrogen (secondary N) is 1. The molecule has 8 nitrogen and oxygen atoms in total. The molecule has 0 saturated carbocycles. The lowest BCUT2D eigenvalue weighted by molar-refractivity contribution is -0.384. The van der Waals surface area contributed by atoms with Crippen LogP contribution in [0.1, 0.15) is 37.5 Å². The molecule has 1 N–H and O–H groups in total. The van der Waals surface area contributed by atoms with Gasteiger partial charge in [-0.05, 0) is 31.0 Å². The molecule has 27 heavy (non-hydrogen) atoms. The Bertz CT molecular complexity index is 915. The minimum Gasteiger partial charge on any atom is -0.466 e. The fourth-order valence-corrected chi connectivity index (χ4v) is 3.00. The first-order chi connectivity index (χ1) is 13.0. The largest absolute Gasteiger partial charge is 0.466 e. The van der Waals surface area contributed by atoms with Crippen molar-refractivity contribution >= 4 is 17.4 Å². The predicted octanol–water partition coefficient (Wildman–Crippen LogP) is 3.66. The van der Waals surface area contributed by atoms with Crippen molar-refractivity contribution in [2.45, 2.75) is 32.8 Å². The molecule has 8 heteroatoms. The Hall–Kier alpha value is -3.42. The molecule has 1 atom stereocenters. The van der Waals surface area contributed by atoms with Crippen LogP contribution in [-0.2, 0) is 16.1 Å². The van der Waals surface area contributed by atoms with Crippen molar-refractivity contribution in [2.75, 3.05) is 0 Å². The Kier molecular flexibility index (Phi) is 5.35. The molecule has 1 aliphatic heterocycles. The van der Waals surface area contributed by atoms with Crippen LogP contribution in [0.2, 0.25) is 0 Å². The first-order valence-corrected chi connectivity index (χ1v) is 8.48. The minimum absolute atomic E-state index is 0.00285. The van der Waals surface area contributed by atoms with Crippen molar-refractivity contribution in [1.82, 2.24) is 5.43 Å². The van der Waals surface area contributed by atoms with E-state index in [0.717, 1.165) is 0 Å². The van der Waals surface area contributed by atoms with Gasteiger partial charge in [-0.2, -0.15) is 5.10 Å². The number of allylic oxidation sites excluding steroid dienone is 1. The third kappa shape index (κ3) is 3.89. The fraction of sp³-hybridized carbons (Fsp3) is 0.263. The number of esters is 1. The molecule has 1 unspecified atom stereocenters. The van der Waals surface area contributed by atoms with Crippen molar-refractivity contribution in [1.29, 1.82) is 0 Å². The third-order valence-electron chi connectivity index (χ3n) is 4.32. The quantitative estimate of drug-likeness (QED) is 0.473. The van der Waals surface area contributed by atoms with Crippen LogP contribution in [0.3, 0.4) is 0 Å². The van der Waals surface area contributed by atoms with Gasteiger partial charge in [-0.25, -0.2) is 4.79 Å². The lowest BCUT2D eigenvalue weighted by atomic mass is 9.83. The summed E-state index contributed by atoms with van der Waals surface area (Å²) in [6, 6.07) is 9.66. The van der Waals surface area contributed by atoms with Gasteiger partial charge in [0.05, 0.1) is 28.4 Å². The summed E-state index contributed by atoms with van der Waals surface area (Å²) in [5.74, 6) is -0.504. The monoisotopic (exact) mass is 369 g/mol. The molecule has 0 spiro atoms. The van der Waals surface area contributed by atoms with Crippen LogP contribution in [0.15, 0.2) is 63.5 Å². The normalized spacial score (nSPS) is 16.5. The van der Waals surface area contributed by atoms with Crippen molar-refractivity contribution in [3.63, 3.8) is 0 Å². The van der Waals surface area contributed by atoms with E-state index in [0.29, 0.717) is 34.7 Å². The van der Waals surface area contributed by atoms with Crippen molar-refractivity contribution in [3.8, 4) is 0 Å². The molecule has 0 aliphatic carbocycles. The average Bonchev–Trinajstić information content (AvgIpc) is 3.19. The molecule has 0 fully saturated rings. The van der Waals surface area contributed by atoms with Gasteiger partial charge >= 0.3 is 5.97 Å². The number of nitrogens with zero attached hydrogens (tertiary/aromatic N) is 2. The first-order valence-electron chi connectivity index (χ1n) is 8.48. The highest BCUT2D eigenvalue weighted by Crippen LogP contribution is 2.34. The minimum atomic E-state index is -0.520. The summed E-state index contributed by atoms with van der Waals surface area (Å²) in [6.07, 6.45) is 2.08.